The number of aromatic nitrogens is 2. The highest BCUT2D eigenvalue weighted by Crippen LogP contribution is 2.03. The first kappa shape index (κ1) is 26.7. The van der Waals surface area contributed by atoms with Crippen LogP contribution in [0.4, 0.5) is 0 Å². The summed E-state index contributed by atoms with van der Waals surface area (Å²) in [5.41, 5.74) is 6.42. The Morgan fingerprint density at radius 1 is 1.16 bits per heavy atom. The summed E-state index contributed by atoms with van der Waals surface area (Å²) in [6.07, 6.45) is 5.09. The van der Waals surface area contributed by atoms with E-state index in [1.807, 2.05) is 6.26 Å². The van der Waals surface area contributed by atoms with Gasteiger partial charge in [-0.15, -0.1) is 0 Å². The number of carbonyl (C=O) groups is 4. The molecule has 1 heterocycles. The van der Waals surface area contributed by atoms with Crippen LogP contribution < -0.4 is 21.7 Å². The molecule has 0 saturated carbocycles. The highest BCUT2D eigenvalue weighted by molar-refractivity contribution is 7.98. The number of aliphatic carboxylic acids is 1. The van der Waals surface area contributed by atoms with Crippen LogP contribution in [-0.2, 0) is 25.6 Å². The van der Waals surface area contributed by atoms with Gasteiger partial charge in [0.25, 0.3) is 0 Å². The number of carboxylic acids is 1. The SMILES string of the molecule is CSCCC(NC(=O)C(CS)NC(=O)C(CO)NC(=O)C(N)Cc1cnc[nH]1)C(=O)O. The summed E-state index contributed by atoms with van der Waals surface area (Å²) < 4.78 is 0. The second kappa shape index (κ2) is 13.9. The molecule has 4 unspecified atom stereocenters. The molecule has 4 atom stereocenters. The van der Waals surface area contributed by atoms with E-state index >= 15 is 0 Å². The molecule has 12 nitrogen and oxygen atoms in total. The fraction of sp³-hybridized carbons (Fsp3) is 0.588. The van der Waals surface area contributed by atoms with Crippen molar-refractivity contribution in [3.05, 3.63) is 18.2 Å². The lowest BCUT2D eigenvalue weighted by atomic mass is 10.1. The van der Waals surface area contributed by atoms with Crippen LogP contribution in [-0.4, -0.2) is 92.4 Å². The number of aromatic amines is 1. The molecule has 1 rings (SSSR count). The summed E-state index contributed by atoms with van der Waals surface area (Å²) in [5.74, 6) is -3.06. The van der Waals surface area contributed by atoms with E-state index in [2.05, 4.69) is 38.5 Å². The number of aliphatic hydroxyl groups excluding tert-OH is 1. The monoisotopic (exact) mass is 476 g/mol. The van der Waals surface area contributed by atoms with Crippen molar-refractivity contribution in [1.29, 1.82) is 0 Å². The zero-order valence-electron chi connectivity index (χ0n) is 16.9. The summed E-state index contributed by atoms with van der Waals surface area (Å²) in [6, 6.07) is -4.65. The van der Waals surface area contributed by atoms with Gasteiger partial charge in [-0.25, -0.2) is 9.78 Å². The van der Waals surface area contributed by atoms with Crippen molar-refractivity contribution in [2.45, 2.75) is 37.0 Å². The van der Waals surface area contributed by atoms with Gasteiger partial charge < -0.3 is 36.9 Å². The molecule has 0 aliphatic heterocycles. The Hall–Kier alpha value is -2.29. The highest BCUT2D eigenvalue weighted by Gasteiger charge is 2.29. The zero-order chi connectivity index (χ0) is 23.4. The van der Waals surface area contributed by atoms with Crippen LogP contribution >= 0.6 is 24.4 Å². The number of aliphatic hydroxyl groups is 1. The fourth-order valence-electron chi connectivity index (χ4n) is 2.43. The zero-order valence-corrected chi connectivity index (χ0v) is 18.6. The number of carboxylic acid groups (broad SMARTS) is 1. The molecule has 1 aromatic rings. The Bertz CT molecular complexity index is 735. The lowest BCUT2D eigenvalue weighted by Gasteiger charge is -2.23. The average molecular weight is 477 g/mol. The first-order valence-electron chi connectivity index (χ1n) is 9.30. The summed E-state index contributed by atoms with van der Waals surface area (Å²) in [7, 11) is 0. The van der Waals surface area contributed by atoms with Crippen LogP contribution in [0.2, 0.25) is 0 Å². The molecule has 0 fully saturated rings. The molecular formula is C17H28N6O6S2. The van der Waals surface area contributed by atoms with Crippen molar-refractivity contribution < 1.29 is 29.4 Å². The second-order valence-electron chi connectivity index (χ2n) is 6.56. The molecule has 0 bridgehead atoms. The summed E-state index contributed by atoms with van der Waals surface area (Å²) >= 11 is 5.45. The largest absolute Gasteiger partial charge is 0.480 e. The van der Waals surface area contributed by atoms with Crippen molar-refractivity contribution in [1.82, 2.24) is 25.9 Å². The Morgan fingerprint density at radius 2 is 1.77 bits per heavy atom. The van der Waals surface area contributed by atoms with Crippen LogP contribution in [0, 0.1) is 0 Å². The molecule has 174 valence electrons. The summed E-state index contributed by atoms with van der Waals surface area (Å²) in [4.78, 5) is 55.0. The Kier molecular flexibility index (Phi) is 12.0. The quantitative estimate of drug-likeness (QED) is 0.134. The Balaban J connectivity index is 2.67. The van der Waals surface area contributed by atoms with Gasteiger partial charge in [-0.2, -0.15) is 24.4 Å². The number of nitrogens with two attached hydrogens (primary N) is 1. The van der Waals surface area contributed by atoms with Crippen LogP contribution in [0.1, 0.15) is 12.1 Å². The number of amides is 3. The summed E-state index contributed by atoms with van der Waals surface area (Å²) in [6.45, 7) is -0.735. The minimum Gasteiger partial charge on any atom is -0.480 e. The standard InChI is InChI=1S/C17H28N6O6S2/c1-31-3-2-11(17(28)29)21-16(27)13(7-30)23-15(26)12(6-24)22-14(25)10(18)4-9-5-19-8-20-9/h5,8,10-13,24,30H,2-4,6-7,18H2,1H3,(H,19,20)(H,21,27)(H,22,25)(H,23,26)(H,28,29). The van der Waals surface area contributed by atoms with Gasteiger partial charge in [-0.05, 0) is 18.4 Å². The van der Waals surface area contributed by atoms with Crippen LogP contribution in [0.25, 0.3) is 0 Å². The average Bonchev–Trinajstić information content (AvgIpc) is 3.25. The van der Waals surface area contributed by atoms with Crippen LogP contribution in [0.3, 0.4) is 0 Å². The number of hydrogen-bond donors (Lipinski definition) is 8. The third-order valence-electron chi connectivity index (χ3n) is 4.19. The van der Waals surface area contributed by atoms with Gasteiger partial charge >= 0.3 is 5.97 Å². The van der Waals surface area contributed by atoms with Crippen molar-refractivity contribution in [2.75, 3.05) is 24.4 Å². The minimum absolute atomic E-state index is 0.127. The maximum absolute atomic E-state index is 12.4. The second-order valence-corrected chi connectivity index (χ2v) is 7.91. The van der Waals surface area contributed by atoms with E-state index in [0.717, 1.165) is 0 Å². The van der Waals surface area contributed by atoms with E-state index in [0.29, 0.717) is 11.4 Å². The minimum atomic E-state index is -1.36. The number of thiol groups is 1. The van der Waals surface area contributed by atoms with Crippen molar-refractivity contribution in [2.24, 2.45) is 5.73 Å². The van der Waals surface area contributed by atoms with Gasteiger partial charge in [0.1, 0.15) is 18.1 Å². The van der Waals surface area contributed by atoms with E-state index in [1.54, 1.807) is 0 Å². The highest BCUT2D eigenvalue weighted by atomic mass is 32.2. The van der Waals surface area contributed by atoms with Gasteiger partial charge in [0.2, 0.25) is 17.7 Å². The molecule has 0 radical (unpaired) electrons. The molecule has 0 aliphatic carbocycles. The van der Waals surface area contributed by atoms with Gasteiger partial charge in [-0.1, -0.05) is 0 Å². The molecular weight excluding hydrogens is 448 g/mol. The smallest absolute Gasteiger partial charge is 0.326 e. The number of thioether (sulfide) groups is 1. The number of rotatable bonds is 14. The Morgan fingerprint density at radius 3 is 2.29 bits per heavy atom. The van der Waals surface area contributed by atoms with E-state index in [9.17, 15) is 29.4 Å². The number of carbonyl (C=O) groups excluding carboxylic acids is 3. The van der Waals surface area contributed by atoms with E-state index < -0.39 is 54.5 Å². The molecule has 0 aliphatic rings. The number of imidazole rings is 1. The van der Waals surface area contributed by atoms with Crippen molar-refractivity contribution in [3.63, 3.8) is 0 Å². The third-order valence-corrected chi connectivity index (χ3v) is 5.20. The normalized spacial score (nSPS) is 14.7. The maximum Gasteiger partial charge on any atom is 0.326 e. The first-order valence-corrected chi connectivity index (χ1v) is 11.3. The fourth-order valence-corrected chi connectivity index (χ4v) is 3.16. The predicted octanol–water partition coefficient (Wildman–Crippen LogP) is -2.51. The number of nitrogens with zero attached hydrogens (tertiary/aromatic N) is 1. The summed E-state index contributed by atoms with van der Waals surface area (Å²) in [5, 5.41) is 25.7. The molecule has 31 heavy (non-hydrogen) atoms. The Labute approximate surface area is 188 Å². The van der Waals surface area contributed by atoms with E-state index in [4.69, 9.17) is 5.73 Å². The van der Waals surface area contributed by atoms with Gasteiger partial charge in [0.05, 0.1) is 19.0 Å². The third kappa shape index (κ3) is 9.16. The maximum atomic E-state index is 12.4. The van der Waals surface area contributed by atoms with Gasteiger partial charge in [0.15, 0.2) is 0 Å². The molecule has 0 spiro atoms. The number of nitrogens with one attached hydrogen (secondary N) is 4. The lowest BCUT2D eigenvalue weighted by Crippen LogP contribution is -2.58. The topological polar surface area (TPSA) is 200 Å². The van der Waals surface area contributed by atoms with Crippen LogP contribution in [0.15, 0.2) is 12.5 Å². The van der Waals surface area contributed by atoms with Crippen LogP contribution in [0.5, 0.6) is 0 Å². The van der Waals surface area contributed by atoms with E-state index in [1.165, 1.54) is 24.3 Å². The van der Waals surface area contributed by atoms with Crippen molar-refractivity contribution in [3.8, 4) is 0 Å². The molecule has 1 aromatic heterocycles. The lowest BCUT2D eigenvalue weighted by molar-refractivity contribution is -0.142. The first-order chi connectivity index (χ1) is 14.7. The predicted molar refractivity (Wildman–Crippen MR) is 118 cm³/mol. The molecule has 0 saturated heterocycles. The molecule has 14 heteroatoms. The van der Waals surface area contributed by atoms with Gasteiger partial charge in [0, 0.05) is 24.1 Å². The number of H-pyrrole nitrogens is 1. The number of hydrogen-bond acceptors (Lipinski definition) is 9. The van der Waals surface area contributed by atoms with E-state index in [-0.39, 0.29) is 18.6 Å². The molecule has 8 N–H and O–H groups in total. The van der Waals surface area contributed by atoms with Gasteiger partial charge in [-0.3, -0.25) is 14.4 Å². The molecule has 3 amide bonds. The molecule has 0 aromatic carbocycles. The van der Waals surface area contributed by atoms with Crippen molar-refractivity contribution >= 4 is 48.1 Å².